The minimum absolute atomic E-state index is 0.0360. The van der Waals surface area contributed by atoms with Crippen molar-refractivity contribution in [1.29, 1.82) is 0 Å². The van der Waals surface area contributed by atoms with Crippen molar-refractivity contribution in [3.63, 3.8) is 0 Å². The van der Waals surface area contributed by atoms with Gasteiger partial charge in [0.15, 0.2) is 0 Å². The van der Waals surface area contributed by atoms with Gasteiger partial charge in [-0.2, -0.15) is 0 Å². The van der Waals surface area contributed by atoms with Crippen molar-refractivity contribution in [3.05, 3.63) is 29.8 Å². The number of rotatable bonds is 6. The molecule has 1 rings (SSSR count). The van der Waals surface area contributed by atoms with Crippen LogP contribution in [0.2, 0.25) is 0 Å². The molecule has 0 bridgehead atoms. The molecule has 27 heavy (non-hydrogen) atoms. The van der Waals surface area contributed by atoms with E-state index in [1.165, 1.54) is 0 Å². The molecular formula is C20H30N2O5. The molecular weight excluding hydrogens is 348 g/mol. The molecule has 7 heteroatoms. The lowest BCUT2D eigenvalue weighted by molar-refractivity contribution is -0.158. The average Bonchev–Trinajstić information content (AvgIpc) is 2.48. The molecule has 1 atom stereocenters. The third-order valence-corrected chi connectivity index (χ3v) is 3.26. The second kappa shape index (κ2) is 8.88. The van der Waals surface area contributed by atoms with Gasteiger partial charge in [-0.25, -0.2) is 4.79 Å². The average molecular weight is 378 g/mol. The first kappa shape index (κ1) is 22.5. The molecule has 7 nitrogen and oxygen atoms in total. The van der Waals surface area contributed by atoms with E-state index in [9.17, 15) is 14.4 Å². The van der Waals surface area contributed by atoms with Crippen LogP contribution in [-0.4, -0.2) is 35.1 Å². The maximum Gasteiger partial charge on any atom is 0.329 e. The monoisotopic (exact) mass is 378 g/mol. The molecule has 0 aromatic heterocycles. The van der Waals surface area contributed by atoms with E-state index >= 15 is 0 Å². The molecule has 1 aromatic carbocycles. The topological polar surface area (TPSA) is 108 Å². The number of nitrogens with two attached hydrogens (primary N) is 1. The number of amides is 1. The summed E-state index contributed by atoms with van der Waals surface area (Å²) in [4.78, 5) is 37.0. The van der Waals surface area contributed by atoms with Gasteiger partial charge >= 0.3 is 11.9 Å². The Labute approximate surface area is 160 Å². The Morgan fingerprint density at radius 3 is 2.07 bits per heavy atom. The van der Waals surface area contributed by atoms with Gasteiger partial charge in [0, 0.05) is 12.1 Å². The van der Waals surface area contributed by atoms with Crippen molar-refractivity contribution in [2.24, 2.45) is 0 Å². The molecule has 1 amide bonds. The highest BCUT2D eigenvalue weighted by Gasteiger charge is 2.29. The SMILES string of the molecule is CC(C)(C)OC(=O)CC[C@H](NC(=O)c1ccccc1N)C(=O)OC(C)(C)C. The smallest absolute Gasteiger partial charge is 0.329 e. The summed E-state index contributed by atoms with van der Waals surface area (Å²) in [5.41, 5.74) is 5.02. The van der Waals surface area contributed by atoms with Gasteiger partial charge in [-0.1, -0.05) is 12.1 Å². The highest BCUT2D eigenvalue weighted by Crippen LogP contribution is 2.15. The molecule has 0 heterocycles. The van der Waals surface area contributed by atoms with Crippen LogP contribution in [0.3, 0.4) is 0 Å². The van der Waals surface area contributed by atoms with Gasteiger partial charge in [-0.3, -0.25) is 9.59 Å². The van der Waals surface area contributed by atoms with Crippen LogP contribution >= 0.6 is 0 Å². The van der Waals surface area contributed by atoms with E-state index in [2.05, 4.69) is 5.32 Å². The highest BCUT2D eigenvalue weighted by molar-refractivity contribution is 6.01. The predicted octanol–water partition coefficient (Wildman–Crippen LogP) is 2.83. The van der Waals surface area contributed by atoms with Crippen molar-refractivity contribution in [2.45, 2.75) is 71.6 Å². The van der Waals surface area contributed by atoms with Gasteiger partial charge in [0.05, 0.1) is 5.56 Å². The molecule has 150 valence electrons. The Hall–Kier alpha value is -2.57. The van der Waals surface area contributed by atoms with E-state index in [0.717, 1.165) is 0 Å². The van der Waals surface area contributed by atoms with Crippen LogP contribution in [0.1, 0.15) is 64.7 Å². The molecule has 0 unspecified atom stereocenters. The van der Waals surface area contributed by atoms with Gasteiger partial charge < -0.3 is 20.5 Å². The van der Waals surface area contributed by atoms with Gasteiger partial charge in [0.1, 0.15) is 17.2 Å². The fourth-order valence-electron chi connectivity index (χ4n) is 2.22. The lowest BCUT2D eigenvalue weighted by Crippen LogP contribution is -2.44. The van der Waals surface area contributed by atoms with Gasteiger partial charge in [0.25, 0.3) is 5.91 Å². The van der Waals surface area contributed by atoms with Crippen molar-refractivity contribution in [1.82, 2.24) is 5.32 Å². The van der Waals surface area contributed by atoms with Crippen LogP contribution in [0.4, 0.5) is 5.69 Å². The summed E-state index contributed by atoms with van der Waals surface area (Å²) in [5.74, 6) is -1.58. The normalized spacial score (nSPS) is 12.8. The third kappa shape index (κ3) is 8.57. The molecule has 0 fully saturated rings. The zero-order chi connectivity index (χ0) is 20.8. The lowest BCUT2D eigenvalue weighted by Gasteiger charge is -2.25. The second-order valence-electron chi connectivity index (χ2n) is 8.27. The molecule has 0 aliphatic carbocycles. The summed E-state index contributed by atoms with van der Waals surface area (Å²) < 4.78 is 10.6. The molecule has 0 aliphatic heterocycles. The third-order valence-electron chi connectivity index (χ3n) is 3.26. The number of ether oxygens (including phenoxy) is 2. The van der Waals surface area contributed by atoms with Crippen LogP contribution in [0, 0.1) is 0 Å². The molecule has 0 saturated heterocycles. The molecule has 1 aromatic rings. The minimum atomic E-state index is -0.996. The summed E-state index contributed by atoms with van der Waals surface area (Å²) in [5, 5.41) is 2.61. The van der Waals surface area contributed by atoms with E-state index in [1.807, 2.05) is 0 Å². The summed E-state index contributed by atoms with van der Waals surface area (Å²) in [6, 6.07) is 5.54. The first-order valence-electron chi connectivity index (χ1n) is 8.88. The van der Waals surface area contributed by atoms with Gasteiger partial charge in [-0.05, 0) is 60.1 Å². The standard InChI is InChI=1S/C20H30N2O5/c1-19(2,3)26-16(23)12-11-15(18(25)27-20(4,5)6)22-17(24)13-9-7-8-10-14(13)21/h7-10,15H,11-12,21H2,1-6H3,(H,22,24)/t15-/m0/s1. The summed E-state index contributed by atoms with van der Waals surface area (Å²) >= 11 is 0. The fraction of sp³-hybridized carbons (Fsp3) is 0.550. The number of hydrogen-bond acceptors (Lipinski definition) is 6. The maximum atomic E-state index is 12.5. The Morgan fingerprint density at radius 2 is 1.56 bits per heavy atom. The number of carbonyl (C=O) groups is 3. The van der Waals surface area contributed by atoms with Crippen molar-refractivity contribution in [3.8, 4) is 0 Å². The Balaban J connectivity index is 2.88. The number of esters is 2. The van der Waals surface area contributed by atoms with Gasteiger partial charge in [0.2, 0.25) is 0 Å². The van der Waals surface area contributed by atoms with E-state index in [1.54, 1.807) is 65.8 Å². The molecule has 0 saturated carbocycles. The number of nitrogens with one attached hydrogen (secondary N) is 1. The van der Waals surface area contributed by atoms with Crippen molar-refractivity contribution < 1.29 is 23.9 Å². The number of para-hydroxylation sites is 1. The van der Waals surface area contributed by atoms with Crippen LogP contribution in [0.25, 0.3) is 0 Å². The Morgan fingerprint density at radius 1 is 1.00 bits per heavy atom. The zero-order valence-electron chi connectivity index (χ0n) is 16.9. The van der Waals surface area contributed by atoms with Crippen molar-refractivity contribution in [2.75, 3.05) is 5.73 Å². The molecule has 3 N–H and O–H groups in total. The molecule has 0 radical (unpaired) electrons. The number of benzene rings is 1. The number of anilines is 1. The van der Waals surface area contributed by atoms with Crippen LogP contribution in [0.15, 0.2) is 24.3 Å². The first-order valence-corrected chi connectivity index (χ1v) is 8.88. The predicted molar refractivity (Wildman–Crippen MR) is 103 cm³/mol. The Kier molecular flexibility index (Phi) is 7.39. The summed E-state index contributed by atoms with van der Waals surface area (Å²) in [6.07, 6.45) is 0.0219. The largest absolute Gasteiger partial charge is 0.460 e. The number of carbonyl (C=O) groups excluding carboxylic acids is 3. The molecule has 0 spiro atoms. The van der Waals surface area contributed by atoms with Crippen LogP contribution in [0.5, 0.6) is 0 Å². The highest BCUT2D eigenvalue weighted by atomic mass is 16.6. The number of nitrogen functional groups attached to an aromatic ring is 1. The van der Waals surface area contributed by atoms with E-state index < -0.39 is 35.1 Å². The maximum absolute atomic E-state index is 12.5. The van der Waals surface area contributed by atoms with Crippen molar-refractivity contribution >= 4 is 23.5 Å². The summed E-state index contributed by atoms with van der Waals surface area (Å²) in [6.45, 7) is 10.5. The quantitative estimate of drug-likeness (QED) is 0.582. The molecule has 0 aliphatic rings. The zero-order valence-corrected chi connectivity index (χ0v) is 16.9. The van der Waals surface area contributed by atoms with Gasteiger partial charge in [-0.15, -0.1) is 0 Å². The summed E-state index contributed by atoms with van der Waals surface area (Å²) in [7, 11) is 0. The Bertz CT molecular complexity index is 686. The minimum Gasteiger partial charge on any atom is -0.460 e. The fourth-order valence-corrected chi connectivity index (χ4v) is 2.22. The first-order chi connectivity index (χ1) is 12.3. The van der Waals surface area contributed by atoms with Crippen LogP contribution < -0.4 is 11.1 Å². The van der Waals surface area contributed by atoms with E-state index in [-0.39, 0.29) is 18.4 Å². The number of hydrogen-bond donors (Lipinski definition) is 2. The van der Waals surface area contributed by atoms with E-state index in [0.29, 0.717) is 5.69 Å². The van der Waals surface area contributed by atoms with Crippen LogP contribution in [-0.2, 0) is 19.1 Å². The lowest BCUT2D eigenvalue weighted by atomic mass is 10.1. The van der Waals surface area contributed by atoms with E-state index in [4.69, 9.17) is 15.2 Å². The second-order valence-corrected chi connectivity index (χ2v) is 8.27.